The second kappa shape index (κ2) is 6.01. The highest BCUT2D eigenvalue weighted by Gasteiger charge is 2.12. The van der Waals surface area contributed by atoms with E-state index in [1.165, 1.54) is 25.3 Å². The van der Waals surface area contributed by atoms with Crippen LogP contribution in [0.25, 0.3) is 0 Å². The number of methoxy groups -OCH3 is 1. The zero-order valence-corrected chi connectivity index (χ0v) is 11.1. The molecule has 104 valence electrons. The number of nitrogens with one attached hydrogen (secondary N) is 2. The van der Waals surface area contributed by atoms with Gasteiger partial charge in [-0.1, -0.05) is 0 Å². The molecule has 1 aromatic heterocycles. The first-order chi connectivity index (χ1) is 9.65. The molecule has 2 N–H and O–H groups in total. The first kappa shape index (κ1) is 13.8. The minimum absolute atomic E-state index is 0.0721. The molecule has 2 aromatic rings. The smallest absolute Gasteiger partial charge is 0.259 e. The van der Waals surface area contributed by atoms with Crippen LogP contribution in [0.1, 0.15) is 10.4 Å². The third kappa shape index (κ3) is 2.85. The molecule has 20 heavy (non-hydrogen) atoms. The van der Waals surface area contributed by atoms with Crippen LogP contribution in [0.5, 0.6) is 5.75 Å². The number of benzene rings is 1. The van der Waals surface area contributed by atoms with Gasteiger partial charge in [-0.05, 0) is 24.3 Å². The predicted molar refractivity (Wildman–Crippen MR) is 74.7 cm³/mol. The van der Waals surface area contributed by atoms with Crippen LogP contribution in [0.4, 0.5) is 15.9 Å². The lowest BCUT2D eigenvalue weighted by atomic mass is 10.2. The Bertz CT molecular complexity index is 632. The molecule has 0 atom stereocenters. The maximum absolute atomic E-state index is 13.3. The minimum Gasteiger partial charge on any atom is -0.494 e. The monoisotopic (exact) mass is 275 g/mol. The Balaban J connectivity index is 2.23. The molecule has 0 aliphatic carbocycles. The molecule has 0 saturated carbocycles. The van der Waals surface area contributed by atoms with Crippen LogP contribution in [0.3, 0.4) is 0 Å². The summed E-state index contributed by atoms with van der Waals surface area (Å²) < 4.78 is 18.2. The second-order valence-corrected chi connectivity index (χ2v) is 3.95. The molecule has 0 bridgehead atoms. The van der Waals surface area contributed by atoms with Crippen molar-refractivity contribution < 1.29 is 13.9 Å². The van der Waals surface area contributed by atoms with E-state index in [0.29, 0.717) is 17.1 Å². The normalized spacial score (nSPS) is 9.95. The highest BCUT2D eigenvalue weighted by Crippen LogP contribution is 2.22. The molecule has 6 heteroatoms. The summed E-state index contributed by atoms with van der Waals surface area (Å²) in [5.74, 6) is -0.277. The highest BCUT2D eigenvalue weighted by atomic mass is 19.1. The summed E-state index contributed by atoms with van der Waals surface area (Å²) in [5.41, 5.74) is 0.845. The van der Waals surface area contributed by atoms with Crippen LogP contribution in [0.2, 0.25) is 0 Å². The summed E-state index contributed by atoms with van der Waals surface area (Å²) in [6, 6.07) is 7.43. The van der Waals surface area contributed by atoms with Gasteiger partial charge >= 0.3 is 0 Å². The second-order valence-electron chi connectivity index (χ2n) is 3.95. The average Bonchev–Trinajstić information content (AvgIpc) is 2.49. The van der Waals surface area contributed by atoms with Crippen molar-refractivity contribution in [1.29, 1.82) is 0 Å². The number of rotatable bonds is 4. The Morgan fingerprint density at radius 2 is 2.15 bits per heavy atom. The predicted octanol–water partition coefficient (Wildman–Crippen LogP) is 2.52. The quantitative estimate of drug-likeness (QED) is 0.900. The first-order valence-corrected chi connectivity index (χ1v) is 5.93. The van der Waals surface area contributed by atoms with E-state index < -0.39 is 5.82 Å². The van der Waals surface area contributed by atoms with E-state index in [2.05, 4.69) is 15.6 Å². The van der Waals surface area contributed by atoms with Gasteiger partial charge in [-0.15, -0.1) is 0 Å². The number of carbonyl (C=O) groups is 1. The Morgan fingerprint density at radius 1 is 1.35 bits per heavy atom. The molecule has 5 nitrogen and oxygen atoms in total. The van der Waals surface area contributed by atoms with Gasteiger partial charge in [0.1, 0.15) is 5.82 Å². The number of amides is 1. The molecule has 0 saturated heterocycles. The number of halogens is 1. The van der Waals surface area contributed by atoms with Crippen LogP contribution in [0, 0.1) is 5.82 Å². The molecule has 1 aromatic carbocycles. The lowest BCUT2D eigenvalue weighted by molar-refractivity contribution is 0.102. The summed E-state index contributed by atoms with van der Waals surface area (Å²) in [4.78, 5) is 16.2. The number of anilines is 2. The molecule has 0 unspecified atom stereocenters. The number of ether oxygens (including phenoxy) is 1. The van der Waals surface area contributed by atoms with Crippen LogP contribution >= 0.6 is 0 Å². The summed E-state index contributed by atoms with van der Waals surface area (Å²) in [6.45, 7) is 0. The Morgan fingerprint density at radius 3 is 2.85 bits per heavy atom. The van der Waals surface area contributed by atoms with Crippen molar-refractivity contribution >= 4 is 17.4 Å². The van der Waals surface area contributed by atoms with Crippen molar-refractivity contribution in [2.24, 2.45) is 0 Å². The SMILES string of the molecule is CNc1ncccc1C(=O)Nc1ccc(F)c(OC)c1. The van der Waals surface area contributed by atoms with Crippen molar-refractivity contribution in [2.75, 3.05) is 24.8 Å². The van der Waals surface area contributed by atoms with Gasteiger partial charge in [-0.2, -0.15) is 0 Å². The van der Waals surface area contributed by atoms with Gasteiger partial charge in [-0.25, -0.2) is 9.37 Å². The summed E-state index contributed by atoms with van der Waals surface area (Å²) in [7, 11) is 3.05. The molecular weight excluding hydrogens is 261 g/mol. The number of nitrogens with zero attached hydrogens (tertiary/aromatic N) is 1. The van der Waals surface area contributed by atoms with Crippen molar-refractivity contribution in [1.82, 2.24) is 4.98 Å². The summed E-state index contributed by atoms with van der Waals surface area (Å²) in [6.07, 6.45) is 1.59. The number of hydrogen-bond acceptors (Lipinski definition) is 4. The van der Waals surface area contributed by atoms with Gasteiger partial charge in [0.25, 0.3) is 5.91 Å². The van der Waals surface area contributed by atoms with Crippen LogP contribution in [-0.2, 0) is 0 Å². The molecule has 1 amide bonds. The topological polar surface area (TPSA) is 63.2 Å². The zero-order valence-electron chi connectivity index (χ0n) is 11.1. The minimum atomic E-state index is -0.484. The number of hydrogen-bond donors (Lipinski definition) is 2. The molecule has 0 fully saturated rings. The first-order valence-electron chi connectivity index (χ1n) is 5.93. The fraction of sp³-hybridized carbons (Fsp3) is 0.143. The largest absolute Gasteiger partial charge is 0.494 e. The Labute approximate surface area is 115 Å². The van der Waals surface area contributed by atoms with Gasteiger partial charge < -0.3 is 15.4 Å². The molecule has 0 spiro atoms. The maximum Gasteiger partial charge on any atom is 0.259 e. The molecule has 2 rings (SSSR count). The molecule has 0 aliphatic heterocycles. The Kier molecular flexibility index (Phi) is 4.14. The van der Waals surface area contributed by atoms with Gasteiger partial charge in [0.2, 0.25) is 0 Å². The number of carbonyl (C=O) groups excluding carboxylic acids is 1. The lowest BCUT2D eigenvalue weighted by Crippen LogP contribution is -2.14. The molecule has 0 radical (unpaired) electrons. The Hall–Kier alpha value is -2.63. The van der Waals surface area contributed by atoms with E-state index in [1.807, 2.05) is 0 Å². The maximum atomic E-state index is 13.3. The van der Waals surface area contributed by atoms with Gasteiger partial charge in [0.05, 0.1) is 12.7 Å². The standard InChI is InChI=1S/C14H14FN3O2/c1-16-13-10(4-3-7-17-13)14(19)18-9-5-6-11(15)12(8-9)20-2/h3-8H,1-2H3,(H,16,17)(H,18,19). The van der Waals surface area contributed by atoms with Crippen LogP contribution in [-0.4, -0.2) is 25.0 Å². The lowest BCUT2D eigenvalue weighted by Gasteiger charge is -2.10. The number of aromatic nitrogens is 1. The van der Waals surface area contributed by atoms with Crippen molar-refractivity contribution in [3.05, 3.63) is 47.9 Å². The third-order valence-electron chi connectivity index (χ3n) is 2.70. The summed E-state index contributed by atoms with van der Waals surface area (Å²) in [5, 5.41) is 5.51. The fourth-order valence-corrected chi connectivity index (χ4v) is 1.72. The average molecular weight is 275 g/mol. The fourth-order valence-electron chi connectivity index (χ4n) is 1.72. The van der Waals surface area contributed by atoms with Crippen LogP contribution < -0.4 is 15.4 Å². The van der Waals surface area contributed by atoms with Crippen molar-refractivity contribution in [2.45, 2.75) is 0 Å². The van der Waals surface area contributed by atoms with E-state index in [4.69, 9.17) is 4.74 Å². The van der Waals surface area contributed by atoms with Crippen LogP contribution in [0.15, 0.2) is 36.5 Å². The molecule has 1 heterocycles. The summed E-state index contributed by atoms with van der Waals surface area (Å²) >= 11 is 0. The molecular formula is C14H14FN3O2. The van der Waals surface area contributed by atoms with Crippen molar-refractivity contribution in [3.63, 3.8) is 0 Å². The molecule has 0 aliphatic rings. The highest BCUT2D eigenvalue weighted by molar-refractivity contribution is 6.07. The van der Waals surface area contributed by atoms with Crippen molar-refractivity contribution in [3.8, 4) is 5.75 Å². The van der Waals surface area contributed by atoms with E-state index >= 15 is 0 Å². The van der Waals surface area contributed by atoms with Gasteiger partial charge in [-0.3, -0.25) is 4.79 Å². The van der Waals surface area contributed by atoms with E-state index in [-0.39, 0.29) is 11.7 Å². The van der Waals surface area contributed by atoms with E-state index in [1.54, 1.807) is 25.4 Å². The number of pyridine rings is 1. The van der Waals surface area contributed by atoms with E-state index in [9.17, 15) is 9.18 Å². The van der Waals surface area contributed by atoms with Gasteiger partial charge in [0.15, 0.2) is 11.6 Å². The van der Waals surface area contributed by atoms with Gasteiger partial charge in [0, 0.05) is 25.0 Å². The third-order valence-corrected chi connectivity index (χ3v) is 2.70. The zero-order chi connectivity index (χ0) is 14.5. The van der Waals surface area contributed by atoms with E-state index in [0.717, 1.165) is 0 Å².